The highest BCUT2D eigenvalue weighted by atomic mass is 16.6. The lowest BCUT2D eigenvalue weighted by molar-refractivity contribution is -0.384. The van der Waals surface area contributed by atoms with Gasteiger partial charge in [-0.1, -0.05) is 18.2 Å². The molecule has 0 aromatic heterocycles. The molecule has 0 fully saturated rings. The maximum absolute atomic E-state index is 12.1. The number of anilines is 1. The van der Waals surface area contributed by atoms with Gasteiger partial charge in [0.2, 0.25) is 0 Å². The summed E-state index contributed by atoms with van der Waals surface area (Å²) in [6.45, 7) is 0. The summed E-state index contributed by atoms with van der Waals surface area (Å²) in [5.74, 6) is -0.142. The van der Waals surface area contributed by atoms with E-state index >= 15 is 0 Å². The van der Waals surface area contributed by atoms with Gasteiger partial charge in [-0.05, 0) is 35.9 Å². The SMILES string of the molecule is CN(C)c1ccc(C(=O)/C=C/c2cccc([N+](=O)[O-])c2)cc1. The third-order valence-corrected chi connectivity index (χ3v) is 3.18. The summed E-state index contributed by atoms with van der Waals surface area (Å²) in [6, 6.07) is 13.4. The Labute approximate surface area is 128 Å². The zero-order valence-corrected chi connectivity index (χ0v) is 12.4. The van der Waals surface area contributed by atoms with E-state index in [1.165, 1.54) is 18.2 Å². The van der Waals surface area contributed by atoms with E-state index in [4.69, 9.17) is 0 Å². The summed E-state index contributed by atoms with van der Waals surface area (Å²) < 4.78 is 0. The number of ketones is 1. The van der Waals surface area contributed by atoms with E-state index in [0.717, 1.165) is 5.69 Å². The molecule has 0 spiro atoms. The fourth-order valence-electron chi connectivity index (χ4n) is 1.93. The molecule has 2 aromatic carbocycles. The summed E-state index contributed by atoms with van der Waals surface area (Å²) in [5.41, 5.74) is 2.21. The number of nitrogens with zero attached hydrogens (tertiary/aromatic N) is 2. The molecule has 0 saturated carbocycles. The highest BCUT2D eigenvalue weighted by Gasteiger charge is 2.05. The number of carbonyl (C=O) groups is 1. The van der Waals surface area contributed by atoms with E-state index in [1.54, 1.807) is 30.3 Å². The van der Waals surface area contributed by atoms with Gasteiger partial charge in [0, 0.05) is 37.5 Å². The smallest absolute Gasteiger partial charge is 0.270 e. The van der Waals surface area contributed by atoms with E-state index in [0.29, 0.717) is 11.1 Å². The number of hydrogen-bond acceptors (Lipinski definition) is 4. The largest absolute Gasteiger partial charge is 0.378 e. The van der Waals surface area contributed by atoms with Gasteiger partial charge < -0.3 is 4.90 Å². The van der Waals surface area contributed by atoms with Crippen LogP contribution < -0.4 is 4.90 Å². The standard InChI is InChI=1S/C17H16N2O3/c1-18(2)15-9-7-14(8-10-15)17(20)11-6-13-4-3-5-16(12-13)19(21)22/h3-12H,1-2H3/b11-6+. The molecule has 0 bridgehead atoms. The van der Waals surface area contributed by atoms with E-state index in [9.17, 15) is 14.9 Å². The van der Waals surface area contributed by atoms with Crippen LogP contribution in [0.2, 0.25) is 0 Å². The van der Waals surface area contributed by atoms with Gasteiger partial charge in [0.1, 0.15) is 0 Å². The van der Waals surface area contributed by atoms with Crippen LogP contribution >= 0.6 is 0 Å². The first-order valence-electron chi connectivity index (χ1n) is 6.71. The number of hydrogen-bond donors (Lipinski definition) is 0. The molecule has 0 amide bonds. The van der Waals surface area contributed by atoms with Gasteiger partial charge in [0.15, 0.2) is 5.78 Å². The number of benzene rings is 2. The van der Waals surface area contributed by atoms with Gasteiger partial charge in [0.05, 0.1) is 4.92 Å². The minimum Gasteiger partial charge on any atom is -0.378 e. The van der Waals surface area contributed by atoms with E-state index in [2.05, 4.69) is 0 Å². The Morgan fingerprint density at radius 2 is 1.82 bits per heavy atom. The molecule has 0 unspecified atom stereocenters. The molecule has 0 N–H and O–H groups in total. The molecule has 0 heterocycles. The Morgan fingerprint density at radius 3 is 2.41 bits per heavy atom. The van der Waals surface area contributed by atoms with E-state index in [1.807, 2.05) is 31.1 Å². The van der Waals surface area contributed by atoms with Gasteiger partial charge >= 0.3 is 0 Å². The van der Waals surface area contributed by atoms with Crippen molar-refractivity contribution < 1.29 is 9.72 Å². The van der Waals surface area contributed by atoms with Gasteiger partial charge in [-0.2, -0.15) is 0 Å². The molecule has 2 rings (SSSR count). The van der Waals surface area contributed by atoms with Crippen molar-refractivity contribution >= 4 is 23.2 Å². The average molecular weight is 296 g/mol. The van der Waals surface area contributed by atoms with Gasteiger partial charge in [-0.15, -0.1) is 0 Å². The Morgan fingerprint density at radius 1 is 1.14 bits per heavy atom. The molecule has 5 heteroatoms. The van der Waals surface area contributed by atoms with Crippen molar-refractivity contribution in [2.45, 2.75) is 0 Å². The fourth-order valence-corrected chi connectivity index (χ4v) is 1.93. The van der Waals surface area contributed by atoms with Crippen LogP contribution in [0.1, 0.15) is 15.9 Å². The summed E-state index contributed by atoms with van der Waals surface area (Å²) in [4.78, 5) is 24.3. The van der Waals surface area contributed by atoms with Crippen LogP contribution in [-0.4, -0.2) is 24.8 Å². The first kappa shape index (κ1) is 15.4. The number of rotatable bonds is 5. The van der Waals surface area contributed by atoms with Crippen LogP contribution in [0, 0.1) is 10.1 Å². The monoisotopic (exact) mass is 296 g/mol. The maximum Gasteiger partial charge on any atom is 0.270 e. The maximum atomic E-state index is 12.1. The second kappa shape index (κ2) is 6.67. The highest BCUT2D eigenvalue weighted by molar-refractivity contribution is 6.07. The fraction of sp³-hybridized carbons (Fsp3) is 0.118. The zero-order valence-electron chi connectivity index (χ0n) is 12.4. The lowest BCUT2D eigenvalue weighted by atomic mass is 10.1. The van der Waals surface area contributed by atoms with E-state index in [-0.39, 0.29) is 11.5 Å². The predicted molar refractivity (Wildman–Crippen MR) is 87.2 cm³/mol. The average Bonchev–Trinajstić information content (AvgIpc) is 2.53. The van der Waals surface area contributed by atoms with Crippen molar-refractivity contribution in [1.82, 2.24) is 0 Å². The van der Waals surface area contributed by atoms with Crippen LogP contribution in [-0.2, 0) is 0 Å². The van der Waals surface area contributed by atoms with E-state index < -0.39 is 4.92 Å². The molecule has 0 aliphatic rings. The minimum absolute atomic E-state index is 0.00457. The third kappa shape index (κ3) is 3.79. The summed E-state index contributed by atoms with van der Waals surface area (Å²) >= 11 is 0. The number of nitro groups is 1. The molecule has 0 aliphatic heterocycles. The normalized spacial score (nSPS) is 10.6. The summed E-state index contributed by atoms with van der Waals surface area (Å²) in [6.07, 6.45) is 3.00. The first-order valence-corrected chi connectivity index (χ1v) is 6.71. The Kier molecular flexibility index (Phi) is 4.68. The Balaban J connectivity index is 2.14. The second-order valence-electron chi connectivity index (χ2n) is 4.99. The molecule has 112 valence electrons. The Hall–Kier alpha value is -2.95. The van der Waals surface area contributed by atoms with Crippen LogP contribution in [0.15, 0.2) is 54.6 Å². The van der Waals surface area contributed by atoms with Crippen molar-refractivity contribution in [1.29, 1.82) is 0 Å². The molecule has 0 aliphatic carbocycles. The minimum atomic E-state index is -0.459. The number of nitro benzene ring substituents is 1. The molecule has 2 aromatic rings. The lowest BCUT2D eigenvalue weighted by Gasteiger charge is -2.11. The lowest BCUT2D eigenvalue weighted by Crippen LogP contribution is -2.08. The van der Waals surface area contributed by atoms with Crippen LogP contribution in [0.4, 0.5) is 11.4 Å². The van der Waals surface area contributed by atoms with Crippen LogP contribution in [0.25, 0.3) is 6.08 Å². The topological polar surface area (TPSA) is 63.5 Å². The van der Waals surface area contributed by atoms with Crippen molar-refractivity contribution in [2.24, 2.45) is 0 Å². The summed E-state index contributed by atoms with van der Waals surface area (Å²) in [7, 11) is 3.86. The highest BCUT2D eigenvalue weighted by Crippen LogP contribution is 2.16. The van der Waals surface area contributed by atoms with Crippen LogP contribution in [0.5, 0.6) is 0 Å². The quantitative estimate of drug-likeness (QED) is 0.366. The number of non-ortho nitro benzene ring substituents is 1. The zero-order chi connectivity index (χ0) is 16.1. The molecule has 0 radical (unpaired) electrons. The first-order chi connectivity index (χ1) is 10.5. The molecule has 5 nitrogen and oxygen atoms in total. The molecular formula is C17H16N2O3. The molecule has 0 saturated heterocycles. The number of allylic oxidation sites excluding steroid dienone is 1. The van der Waals surface area contributed by atoms with Gasteiger partial charge in [-0.25, -0.2) is 0 Å². The molecule has 0 atom stereocenters. The van der Waals surface area contributed by atoms with Crippen molar-refractivity contribution in [3.63, 3.8) is 0 Å². The van der Waals surface area contributed by atoms with Crippen molar-refractivity contribution in [3.05, 3.63) is 75.8 Å². The van der Waals surface area contributed by atoms with Gasteiger partial charge in [0.25, 0.3) is 5.69 Å². The summed E-state index contributed by atoms with van der Waals surface area (Å²) in [5, 5.41) is 10.7. The van der Waals surface area contributed by atoms with Crippen molar-refractivity contribution in [2.75, 3.05) is 19.0 Å². The predicted octanol–water partition coefficient (Wildman–Crippen LogP) is 3.56. The van der Waals surface area contributed by atoms with Gasteiger partial charge in [-0.3, -0.25) is 14.9 Å². The third-order valence-electron chi connectivity index (χ3n) is 3.18. The second-order valence-corrected chi connectivity index (χ2v) is 4.99. The van der Waals surface area contributed by atoms with Crippen LogP contribution in [0.3, 0.4) is 0 Å². The number of carbonyl (C=O) groups excluding carboxylic acids is 1. The molecular weight excluding hydrogens is 280 g/mol. The Bertz CT molecular complexity index is 719. The molecule has 22 heavy (non-hydrogen) atoms. The van der Waals surface area contributed by atoms with Crippen molar-refractivity contribution in [3.8, 4) is 0 Å².